The molecule has 1 aromatic rings. The van der Waals surface area contributed by atoms with Gasteiger partial charge in [0, 0.05) is 17.8 Å². The number of rotatable bonds is 5. The lowest BCUT2D eigenvalue weighted by Gasteiger charge is -2.29. The lowest BCUT2D eigenvalue weighted by molar-refractivity contribution is 0.0598. The van der Waals surface area contributed by atoms with Crippen LogP contribution in [0.4, 0.5) is 15.3 Å². The van der Waals surface area contributed by atoms with Crippen molar-refractivity contribution in [1.82, 2.24) is 4.90 Å². The van der Waals surface area contributed by atoms with E-state index in [1.165, 1.54) is 11.8 Å². The molecule has 1 heterocycles. The molecular formula is C18H25N3O4S. The number of amides is 2. The van der Waals surface area contributed by atoms with Crippen LogP contribution in [0.2, 0.25) is 0 Å². The van der Waals surface area contributed by atoms with Crippen LogP contribution in [0.3, 0.4) is 0 Å². The fourth-order valence-electron chi connectivity index (χ4n) is 2.45. The first-order valence-electron chi connectivity index (χ1n) is 8.54. The first-order chi connectivity index (χ1) is 12.4. The highest BCUT2D eigenvalue weighted by Gasteiger charge is 2.24. The minimum Gasteiger partial charge on any atom is -0.449 e. The Labute approximate surface area is 158 Å². The number of anilines is 1. The van der Waals surface area contributed by atoms with Gasteiger partial charge in [-0.2, -0.15) is 0 Å². The lowest BCUT2D eigenvalue weighted by Crippen LogP contribution is -2.43. The second kappa shape index (κ2) is 9.47. The van der Waals surface area contributed by atoms with Crippen molar-refractivity contribution in [2.75, 3.05) is 24.7 Å². The van der Waals surface area contributed by atoms with Gasteiger partial charge in [-0.05, 0) is 45.6 Å². The van der Waals surface area contributed by atoms with E-state index in [1.807, 2.05) is 25.3 Å². The Morgan fingerprint density at radius 1 is 1.31 bits per heavy atom. The third kappa shape index (κ3) is 5.66. The van der Waals surface area contributed by atoms with Crippen LogP contribution >= 0.6 is 11.8 Å². The summed E-state index contributed by atoms with van der Waals surface area (Å²) in [5.41, 5.74) is 1.56. The molecule has 1 aromatic carbocycles. The monoisotopic (exact) mass is 379 g/mol. The van der Waals surface area contributed by atoms with Gasteiger partial charge in [0.2, 0.25) is 0 Å². The molecule has 0 saturated carbocycles. The summed E-state index contributed by atoms with van der Waals surface area (Å²) in [6.45, 7) is 6.58. The van der Waals surface area contributed by atoms with E-state index in [9.17, 15) is 9.59 Å². The number of cyclic esters (lactones) is 1. The van der Waals surface area contributed by atoms with Crippen molar-refractivity contribution >= 4 is 34.7 Å². The van der Waals surface area contributed by atoms with Crippen molar-refractivity contribution in [2.24, 2.45) is 4.99 Å². The molecule has 1 aliphatic heterocycles. The second-order valence-electron chi connectivity index (χ2n) is 6.09. The molecule has 1 saturated heterocycles. The molecule has 1 unspecified atom stereocenters. The van der Waals surface area contributed by atoms with Gasteiger partial charge >= 0.3 is 12.2 Å². The number of carbonyl (C=O) groups is 2. The third-order valence-electron chi connectivity index (χ3n) is 3.67. The van der Waals surface area contributed by atoms with Crippen LogP contribution in [0.5, 0.6) is 0 Å². The van der Waals surface area contributed by atoms with Gasteiger partial charge in [-0.15, -0.1) is 11.8 Å². The van der Waals surface area contributed by atoms with E-state index in [2.05, 4.69) is 10.3 Å². The largest absolute Gasteiger partial charge is 0.449 e. The Kier molecular flexibility index (Phi) is 7.32. The third-order valence-corrected chi connectivity index (χ3v) is 4.40. The van der Waals surface area contributed by atoms with Crippen LogP contribution in [0, 0.1) is 0 Å². The molecule has 0 radical (unpaired) electrons. The summed E-state index contributed by atoms with van der Waals surface area (Å²) in [7, 11) is 0. The number of ether oxygens (including phenoxy) is 2. The van der Waals surface area contributed by atoms with Gasteiger partial charge in [-0.1, -0.05) is 12.1 Å². The molecule has 0 bridgehead atoms. The summed E-state index contributed by atoms with van der Waals surface area (Å²) >= 11 is 1.50. The second-order valence-corrected chi connectivity index (χ2v) is 6.88. The van der Waals surface area contributed by atoms with Crippen molar-refractivity contribution in [3.05, 3.63) is 29.8 Å². The topological polar surface area (TPSA) is 80.2 Å². The van der Waals surface area contributed by atoms with Crippen LogP contribution in [-0.4, -0.2) is 53.8 Å². The molecule has 142 valence electrons. The minimum atomic E-state index is -0.483. The van der Waals surface area contributed by atoms with E-state index in [4.69, 9.17) is 9.47 Å². The van der Waals surface area contributed by atoms with Crippen molar-refractivity contribution in [1.29, 1.82) is 0 Å². The predicted molar refractivity (Wildman–Crippen MR) is 104 cm³/mol. The maximum absolute atomic E-state index is 11.8. The van der Waals surface area contributed by atoms with Crippen molar-refractivity contribution in [2.45, 2.75) is 39.5 Å². The van der Waals surface area contributed by atoms with Crippen LogP contribution in [-0.2, 0) is 9.47 Å². The van der Waals surface area contributed by atoms with E-state index >= 15 is 0 Å². The average Bonchev–Trinajstić information content (AvgIpc) is 2.60. The Morgan fingerprint density at radius 3 is 2.58 bits per heavy atom. The average molecular weight is 379 g/mol. The Balaban J connectivity index is 2.07. The van der Waals surface area contributed by atoms with Crippen LogP contribution in [0.15, 0.2) is 29.3 Å². The zero-order valence-electron chi connectivity index (χ0n) is 15.5. The van der Waals surface area contributed by atoms with Gasteiger partial charge < -0.3 is 9.47 Å². The number of benzene rings is 1. The normalized spacial score (nSPS) is 16.3. The van der Waals surface area contributed by atoms with Gasteiger partial charge in [0.25, 0.3) is 0 Å². The van der Waals surface area contributed by atoms with Crippen LogP contribution in [0.1, 0.15) is 32.8 Å². The molecule has 26 heavy (non-hydrogen) atoms. The predicted octanol–water partition coefficient (Wildman–Crippen LogP) is 3.94. The summed E-state index contributed by atoms with van der Waals surface area (Å²) in [6, 6.07) is 7.34. The first kappa shape index (κ1) is 20.1. The van der Waals surface area contributed by atoms with Crippen LogP contribution in [0.25, 0.3) is 0 Å². The quantitative estimate of drug-likeness (QED) is 0.619. The molecule has 8 heteroatoms. The zero-order valence-corrected chi connectivity index (χ0v) is 16.3. The Hall–Kier alpha value is -2.22. The number of nitrogens with zero attached hydrogens (tertiary/aromatic N) is 2. The van der Waals surface area contributed by atoms with E-state index in [-0.39, 0.29) is 18.4 Å². The summed E-state index contributed by atoms with van der Waals surface area (Å²) < 4.78 is 10.1. The molecule has 2 rings (SSSR count). The Bertz CT molecular complexity index is 661. The van der Waals surface area contributed by atoms with E-state index in [0.29, 0.717) is 18.8 Å². The summed E-state index contributed by atoms with van der Waals surface area (Å²) in [6.07, 6.45) is 1.47. The first-order valence-corrected chi connectivity index (χ1v) is 9.76. The van der Waals surface area contributed by atoms with Crippen molar-refractivity contribution < 1.29 is 19.1 Å². The number of aliphatic imine (C=N–C) groups is 1. The molecule has 0 aromatic heterocycles. The highest BCUT2D eigenvalue weighted by atomic mass is 32.2. The van der Waals surface area contributed by atoms with Crippen LogP contribution < -0.4 is 5.32 Å². The molecule has 0 spiro atoms. The Morgan fingerprint density at radius 2 is 2.00 bits per heavy atom. The molecule has 1 atom stereocenters. The maximum atomic E-state index is 11.8. The maximum Gasteiger partial charge on any atom is 0.411 e. The smallest absolute Gasteiger partial charge is 0.411 e. The number of hydrogen-bond acceptors (Lipinski definition) is 6. The molecule has 1 aliphatic rings. The molecule has 1 N–H and O–H groups in total. The number of carbonyl (C=O) groups excluding carboxylic acids is 2. The summed E-state index contributed by atoms with van der Waals surface area (Å²) in [5.74, 6) is 0. The number of thioether (sulfide) groups is 1. The molecule has 0 aliphatic carbocycles. The molecular weight excluding hydrogens is 354 g/mol. The number of hydrogen-bond donors (Lipinski definition) is 1. The van der Waals surface area contributed by atoms with Gasteiger partial charge in [-0.25, -0.2) is 9.59 Å². The zero-order chi connectivity index (χ0) is 19.1. The summed E-state index contributed by atoms with van der Waals surface area (Å²) in [5, 5.41) is 3.49. The fourth-order valence-corrected chi connectivity index (χ4v) is 3.08. The van der Waals surface area contributed by atoms with E-state index < -0.39 is 6.09 Å². The highest BCUT2D eigenvalue weighted by Crippen LogP contribution is 2.18. The van der Waals surface area contributed by atoms with Gasteiger partial charge in [0.15, 0.2) is 0 Å². The lowest BCUT2D eigenvalue weighted by atomic mass is 10.2. The van der Waals surface area contributed by atoms with Gasteiger partial charge in [-0.3, -0.25) is 15.2 Å². The molecule has 1 fully saturated rings. The van der Waals surface area contributed by atoms with Gasteiger partial charge in [0.05, 0.1) is 17.8 Å². The van der Waals surface area contributed by atoms with Crippen molar-refractivity contribution in [3.8, 4) is 0 Å². The highest BCUT2D eigenvalue weighted by molar-refractivity contribution is 8.13. The summed E-state index contributed by atoms with van der Waals surface area (Å²) in [4.78, 5) is 29.8. The van der Waals surface area contributed by atoms with Crippen molar-refractivity contribution in [3.63, 3.8) is 0 Å². The van der Waals surface area contributed by atoms with E-state index in [1.54, 1.807) is 30.9 Å². The fraction of sp³-hybridized carbons (Fsp3) is 0.500. The van der Waals surface area contributed by atoms with Gasteiger partial charge in [0.1, 0.15) is 6.17 Å². The molecule has 2 amide bonds. The number of nitrogens with one attached hydrogen (secondary N) is 1. The SMILES string of the molecule is CS/C(=N\C(C)N1CCCOC1=O)c1ccc(NC(=O)OC(C)C)cc1. The standard InChI is InChI=1S/C18H25N3O4S/c1-12(2)25-17(22)20-15-8-6-14(7-9-15)16(26-4)19-13(3)21-10-5-11-24-18(21)23/h6-9,12-13H,5,10-11H2,1-4H3,(H,20,22)/b19-16-. The molecule has 7 nitrogen and oxygen atoms in total. The minimum absolute atomic E-state index is 0.174. The van der Waals surface area contributed by atoms with E-state index in [0.717, 1.165) is 17.0 Å².